The maximum atomic E-state index is 12.9. The van der Waals surface area contributed by atoms with Crippen LogP contribution in [0, 0.1) is 18.8 Å². The second-order valence-electron chi connectivity index (χ2n) is 8.32. The second-order valence-corrected chi connectivity index (χ2v) is 8.32. The molecule has 2 N–H and O–H groups in total. The molecule has 8 heteroatoms. The molecule has 8 nitrogen and oxygen atoms in total. The smallest absolute Gasteiger partial charge is 0.263 e. The summed E-state index contributed by atoms with van der Waals surface area (Å²) in [4.78, 5) is 25.9. The lowest BCUT2D eigenvalue weighted by Crippen LogP contribution is -2.22. The van der Waals surface area contributed by atoms with E-state index in [0.717, 1.165) is 17.8 Å². The van der Waals surface area contributed by atoms with Gasteiger partial charge in [-0.05, 0) is 47.9 Å². The number of nitrogens with zero attached hydrogens (tertiary/aromatic N) is 5. The first-order chi connectivity index (χ1) is 15.1. The highest BCUT2D eigenvalue weighted by molar-refractivity contribution is 5.79. The Balaban J connectivity index is 1.22. The third-order valence-corrected chi connectivity index (χ3v) is 6.32. The summed E-state index contributed by atoms with van der Waals surface area (Å²) in [6, 6.07) is 12.1. The lowest BCUT2D eigenvalue weighted by molar-refractivity contribution is 0.364. The van der Waals surface area contributed by atoms with Gasteiger partial charge in [-0.1, -0.05) is 41.6 Å². The van der Waals surface area contributed by atoms with Crippen molar-refractivity contribution < 1.29 is 4.52 Å². The van der Waals surface area contributed by atoms with Gasteiger partial charge in [-0.25, -0.2) is 9.97 Å². The van der Waals surface area contributed by atoms with Crippen LogP contribution in [0.1, 0.15) is 35.2 Å². The van der Waals surface area contributed by atoms with Crippen molar-refractivity contribution >= 4 is 22.4 Å². The number of nitrogens with two attached hydrogens (primary N) is 1. The Kier molecular flexibility index (Phi) is 3.83. The van der Waals surface area contributed by atoms with Crippen LogP contribution in [-0.2, 0) is 6.54 Å². The molecule has 1 aromatic carbocycles. The Morgan fingerprint density at radius 1 is 1.23 bits per heavy atom. The zero-order valence-corrected chi connectivity index (χ0v) is 16.9. The summed E-state index contributed by atoms with van der Waals surface area (Å²) in [7, 11) is 0. The van der Waals surface area contributed by atoms with Crippen LogP contribution in [0.4, 0.5) is 5.82 Å². The van der Waals surface area contributed by atoms with Crippen molar-refractivity contribution in [2.75, 3.05) is 5.73 Å². The summed E-state index contributed by atoms with van der Waals surface area (Å²) in [5, 5.41) is 4.65. The summed E-state index contributed by atoms with van der Waals surface area (Å²) in [6.45, 7) is 1.99. The summed E-state index contributed by atoms with van der Waals surface area (Å²) in [6.07, 6.45) is 4.83. The van der Waals surface area contributed by atoms with Gasteiger partial charge in [0.15, 0.2) is 11.5 Å². The summed E-state index contributed by atoms with van der Waals surface area (Å²) in [5.74, 6) is 2.76. The van der Waals surface area contributed by atoms with Crippen LogP contribution in [0.25, 0.3) is 16.6 Å². The van der Waals surface area contributed by atoms with Crippen molar-refractivity contribution in [1.29, 1.82) is 0 Å². The van der Waals surface area contributed by atoms with E-state index in [-0.39, 0.29) is 12.1 Å². The van der Waals surface area contributed by atoms with E-state index in [1.54, 1.807) is 6.07 Å². The van der Waals surface area contributed by atoms with E-state index < -0.39 is 0 Å². The predicted octanol–water partition coefficient (Wildman–Crippen LogP) is 2.93. The number of hydrogen-bond acceptors (Lipinski definition) is 7. The van der Waals surface area contributed by atoms with E-state index >= 15 is 0 Å². The molecule has 3 atom stereocenters. The predicted molar refractivity (Wildman–Crippen MR) is 115 cm³/mol. The van der Waals surface area contributed by atoms with E-state index in [4.69, 9.17) is 10.3 Å². The maximum Gasteiger partial charge on any atom is 0.263 e. The van der Waals surface area contributed by atoms with Crippen molar-refractivity contribution in [3.8, 4) is 0 Å². The monoisotopic (exact) mass is 412 g/mol. The molecule has 31 heavy (non-hydrogen) atoms. The number of rotatable bonds is 4. The minimum atomic E-state index is -0.200. The van der Waals surface area contributed by atoms with Crippen LogP contribution >= 0.6 is 0 Å². The van der Waals surface area contributed by atoms with Crippen LogP contribution < -0.4 is 11.3 Å². The molecular weight excluding hydrogens is 392 g/mol. The first-order valence-electron chi connectivity index (χ1n) is 10.3. The van der Waals surface area contributed by atoms with Gasteiger partial charge in [0.2, 0.25) is 5.89 Å². The Bertz CT molecular complexity index is 1400. The molecule has 4 aromatic rings. The average molecular weight is 412 g/mol. The molecule has 3 unspecified atom stereocenters. The van der Waals surface area contributed by atoms with E-state index in [1.165, 1.54) is 22.0 Å². The molecule has 1 fully saturated rings. The molecule has 0 bridgehead atoms. The summed E-state index contributed by atoms with van der Waals surface area (Å²) >= 11 is 0. The number of anilines is 1. The van der Waals surface area contributed by atoms with Crippen molar-refractivity contribution in [1.82, 2.24) is 24.7 Å². The summed E-state index contributed by atoms with van der Waals surface area (Å²) in [5.41, 5.74) is 9.33. The van der Waals surface area contributed by atoms with Crippen LogP contribution in [0.2, 0.25) is 0 Å². The highest BCUT2D eigenvalue weighted by atomic mass is 16.5. The zero-order chi connectivity index (χ0) is 21.1. The van der Waals surface area contributed by atoms with Crippen LogP contribution in [0.3, 0.4) is 0 Å². The van der Waals surface area contributed by atoms with Crippen LogP contribution in [0.15, 0.2) is 58.1 Å². The average Bonchev–Trinajstić information content (AvgIpc) is 3.09. The molecule has 3 heterocycles. The maximum absolute atomic E-state index is 12.9. The van der Waals surface area contributed by atoms with E-state index in [9.17, 15) is 4.79 Å². The molecule has 3 aromatic heterocycles. The Labute approximate surface area is 177 Å². The molecule has 0 saturated heterocycles. The van der Waals surface area contributed by atoms with Gasteiger partial charge in [-0.3, -0.25) is 9.36 Å². The molecule has 0 aliphatic heterocycles. The van der Waals surface area contributed by atoms with E-state index in [2.05, 4.69) is 50.5 Å². The molecule has 2 aliphatic rings. The fraction of sp³-hybridized carbons (Fsp3) is 0.261. The third kappa shape index (κ3) is 2.94. The fourth-order valence-corrected chi connectivity index (χ4v) is 4.76. The van der Waals surface area contributed by atoms with Gasteiger partial charge in [0.05, 0.1) is 5.39 Å². The number of aromatic nitrogens is 5. The molecular formula is C23H20N6O2. The van der Waals surface area contributed by atoms with E-state index in [1.807, 2.05) is 13.0 Å². The SMILES string of the molecule is Cc1cc(N)nc2ncn(Cc3nc(C4C5C=C(c6ccccc6)CC54)no3)c(=O)c12. The van der Waals surface area contributed by atoms with Crippen molar-refractivity contribution in [3.63, 3.8) is 0 Å². The first-order valence-corrected chi connectivity index (χ1v) is 10.3. The summed E-state index contributed by atoms with van der Waals surface area (Å²) < 4.78 is 6.92. The number of fused-ring (bicyclic) bond motifs is 2. The highest BCUT2D eigenvalue weighted by Gasteiger charge is 2.55. The Morgan fingerprint density at radius 3 is 2.84 bits per heavy atom. The third-order valence-electron chi connectivity index (χ3n) is 6.32. The molecule has 0 spiro atoms. The number of hydrogen-bond donors (Lipinski definition) is 1. The van der Waals surface area contributed by atoms with Gasteiger partial charge in [0.1, 0.15) is 18.7 Å². The second kappa shape index (κ2) is 6.60. The Hall–Kier alpha value is -3.81. The molecule has 1 saturated carbocycles. The van der Waals surface area contributed by atoms with Gasteiger partial charge < -0.3 is 10.3 Å². The zero-order valence-electron chi connectivity index (χ0n) is 16.9. The number of nitrogen functional groups attached to an aromatic ring is 1. The first kappa shape index (κ1) is 18.0. The number of allylic oxidation sites excluding steroid dienone is 2. The quantitative estimate of drug-likeness (QED) is 0.548. The van der Waals surface area contributed by atoms with Gasteiger partial charge in [-0.15, -0.1) is 0 Å². The topological polar surface area (TPSA) is 113 Å². The molecule has 154 valence electrons. The van der Waals surface area contributed by atoms with E-state index in [0.29, 0.717) is 40.5 Å². The number of benzene rings is 1. The van der Waals surface area contributed by atoms with Crippen molar-refractivity contribution in [2.45, 2.75) is 25.8 Å². The normalized spacial score (nSPS) is 21.8. The minimum absolute atomic E-state index is 0.172. The van der Waals surface area contributed by atoms with Gasteiger partial charge in [-0.2, -0.15) is 4.98 Å². The number of pyridine rings is 1. The standard InChI is InChI=1S/C23H20N6O2/c1-12-7-17(24)26-21-19(12)23(30)29(11-25-21)10-18-27-22(28-31-18)20-15-8-14(9-16(15)20)13-5-3-2-4-6-13/h2-8,11,15-16,20H,9-10H2,1H3,(H2,24,26). The highest BCUT2D eigenvalue weighted by Crippen LogP contribution is 2.62. The lowest BCUT2D eigenvalue weighted by atomic mass is 10.0. The van der Waals surface area contributed by atoms with Gasteiger partial charge >= 0.3 is 0 Å². The lowest BCUT2D eigenvalue weighted by Gasteiger charge is -2.06. The fourth-order valence-electron chi connectivity index (χ4n) is 4.76. The van der Waals surface area contributed by atoms with Gasteiger partial charge in [0, 0.05) is 5.92 Å². The number of aryl methyl sites for hydroxylation is 1. The largest absolute Gasteiger partial charge is 0.384 e. The van der Waals surface area contributed by atoms with Crippen molar-refractivity contribution in [3.05, 3.63) is 82.0 Å². The van der Waals surface area contributed by atoms with Crippen LogP contribution in [0.5, 0.6) is 0 Å². The molecule has 6 rings (SSSR count). The minimum Gasteiger partial charge on any atom is -0.384 e. The molecule has 0 amide bonds. The van der Waals surface area contributed by atoms with Crippen molar-refractivity contribution in [2.24, 2.45) is 11.8 Å². The van der Waals surface area contributed by atoms with Crippen LogP contribution in [-0.4, -0.2) is 24.7 Å². The van der Waals surface area contributed by atoms with Gasteiger partial charge in [0.25, 0.3) is 5.56 Å². The Morgan fingerprint density at radius 2 is 2.06 bits per heavy atom. The molecule has 2 aliphatic carbocycles. The molecule has 0 radical (unpaired) electrons.